The lowest BCUT2D eigenvalue weighted by Gasteiger charge is -2.12. The van der Waals surface area contributed by atoms with Gasteiger partial charge in [-0.3, -0.25) is 0 Å². The van der Waals surface area contributed by atoms with Crippen molar-refractivity contribution in [3.05, 3.63) is 0 Å². The molecule has 0 aliphatic heterocycles. The Morgan fingerprint density at radius 3 is 2.75 bits per heavy atom. The van der Waals surface area contributed by atoms with Crippen LogP contribution in [0.2, 0.25) is 0 Å². The normalized spacial score (nSPS) is 12.1. The number of hydrogen-bond donors (Lipinski definition) is 1. The number of unbranched alkanes of at least 4 members (excludes halogenated alkanes) is 1. The van der Waals surface area contributed by atoms with Crippen LogP contribution in [0.3, 0.4) is 0 Å². The van der Waals surface area contributed by atoms with Gasteiger partial charge in [-0.2, -0.15) is 5.26 Å². The number of nitriles is 1. The van der Waals surface area contributed by atoms with Gasteiger partial charge in [-0.05, 0) is 32.7 Å². The van der Waals surface area contributed by atoms with Gasteiger partial charge in [0.1, 0.15) is 6.61 Å². The zero-order valence-electron chi connectivity index (χ0n) is 7.97. The predicted octanol–water partition coefficient (Wildman–Crippen LogP) is 1.65. The lowest BCUT2D eigenvalue weighted by atomic mass is 10.1. The third-order valence-corrected chi connectivity index (χ3v) is 2.01. The molecule has 0 fully saturated rings. The number of hydrogen-bond acceptors (Lipinski definition) is 3. The highest BCUT2D eigenvalue weighted by molar-refractivity contribution is 4.61. The van der Waals surface area contributed by atoms with Crippen molar-refractivity contribution >= 4 is 0 Å². The van der Waals surface area contributed by atoms with Gasteiger partial charge in [-0.15, -0.1) is 0 Å². The van der Waals surface area contributed by atoms with E-state index >= 15 is 0 Å². The lowest BCUT2D eigenvalue weighted by Crippen LogP contribution is -2.23. The molecular formula is C9H18N2O. The van der Waals surface area contributed by atoms with Gasteiger partial charge < -0.3 is 10.1 Å². The molecular weight excluding hydrogens is 152 g/mol. The van der Waals surface area contributed by atoms with Crippen LogP contribution in [0.15, 0.2) is 0 Å². The number of nitrogens with one attached hydrogen (secondary N) is 1. The molecule has 3 heteroatoms. The number of nitrogens with zero attached hydrogens (tertiary/aromatic N) is 1. The van der Waals surface area contributed by atoms with Crippen molar-refractivity contribution in [3.8, 4) is 6.26 Å². The summed E-state index contributed by atoms with van der Waals surface area (Å²) in [6, 6.07) is 0.618. The molecule has 0 amide bonds. The summed E-state index contributed by atoms with van der Waals surface area (Å²) in [5.41, 5.74) is 0. The standard InChI is InChI=1S/C9H18N2O/c1-3-9(11-2)6-4-5-7-12-8-10/h9,11H,3-7H2,1-2H3. The van der Waals surface area contributed by atoms with Crippen LogP contribution in [0.25, 0.3) is 0 Å². The van der Waals surface area contributed by atoms with Crippen LogP contribution >= 0.6 is 0 Å². The Labute approximate surface area is 74.7 Å². The molecule has 1 unspecified atom stereocenters. The van der Waals surface area contributed by atoms with Gasteiger partial charge in [0.05, 0.1) is 0 Å². The molecule has 0 aromatic carbocycles. The maximum atomic E-state index is 8.08. The second-order valence-electron chi connectivity index (χ2n) is 2.83. The molecule has 12 heavy (non-hydrogen) atoms. The molecule has 0 saturated heterocycles. The Kier molecular flexibility index (Phi) is 7.83. The quantitative estimate of drug-likeness (QED) is 0.467. The SMILES string of the molecule is CCC(CCCCOC#N)NC. The largest absolute Gasteiger partial charge is 0.428 e. The van der Waals surface area contributed by atoms with Gasteiger partial charge in [0, 0.05) is 6.04 Å². The lowest BCUT2D eigenvalue weighted by molar-refractivity contribution is 0.258. The first-order valence-corrected chi connectivity index (χ1v) is 4.53. The predicted molar refractivity (Wildman–Crippen MR) is 48.6 cm³/mol. The third-order valence-electron chi connectivity index (χ3n) is 2.01. The summed E-state index contributed by atoms with van der Waals surface area (Å²) < 4.78 is 4.57. The molecule has 0 saturated carbocycles. The molecule has 0 rings (SSSR count). The summed E-state index contributed by atoms with van der Waals surface area (Å²) in [5, 5.41) is 11.3. The fourth-order valence-corrected chi connectivity index (χ4v) is 1.16. The first-order chi connectivity index (χ1) is 5.85. The van der Waals surface area contributed by atoms with Crippen molar-refractivity contribution in [2.24, 2.45) is 0 Å². The maximum Gasteiger partial charge on any atom is 0.286 e. The van der Waals surface area contributed by atoms with Gasteiger partial charge in [-0.1, -0.05) is 6.92 Å². The average Bonchev–Trinajstić information content (AvgIpc) is 2.11. The van der Waals surface area contributed by atoms with Crippen LogP contribution in [0.1, 0.15) is 32.6 Å². The van der Waals surface area contributed by atoms with Crippen molar-refractivity contribution in [2.45, 2.75) is 38.6 Å². The molecule has 0 aromatic rings. The van der Waals surface area contributed by atoms with E-state index in [4.69, 9.17) is 5.26 Å². The Morgan fingerprint density at radius 1 is 1.50 bits per heavy atom. The Bertz CT molecular complexity index is 127. The number of ether oxygens (including phenoxy) is 1. The van der Waals surface area contributed by atoms with E-state index in [0.717, 1.165) is 19.3 Å². The van der Waals surface area contributed by atoms with Crippen LogP contribution < -0.4 is 5.32 Å². The van der Waals surface area contributed by atoms with Crippen molar-refractivity contribution < 1.29 is 4.74 Å². The summed E-state index contributed by atoms with van der Waals surface area (Å²) >= 11 is 0. The van der Waals surface area contributed by atoms with Gasteiger partial charge in [0.15, 0.2) is 0 Å². The minimum atomic E-state index is 0.566. The van der Waals surface area contributed by atoms with E-state index in [2.05, 4.69) is 17.0 Å². The van der Waals surface area contributed by atoms with E-state index in [-0.39, 0.29) is 0 Å². The monoisotopic (exact) mass is 170 g/mol. The molecule has 0 bridgehead atoms. The molecule has 0 aliphatic rings. The molecule has 0 aromatic heterocycles. The summed E-state index contributed by atoms with van der Waals surface area (Å²) in [5.74, 6) is 0. The van der Waals surface area contributed by atoms with Crippen molar-refractivity contribution in [1.82, 2.24) is 5.32 Å². The first-order valence-electron chi connectivity index (χ1n) is 4.53. The smallest absolute Gasteiger partial charge is 0.286 e. The van der Waals surface area contributed by atoms with Crippen molar-refractivity contribution in [1.29, 1.82) is 5.26 Å². The van der Waals surface area contributed by atoms with E-state index in [1.54, 1.807) is 6.26 Å². The highest BCUT2D eigenvalue weighted by Crippen LogP contribution is 2.03. The Hall–Kier alpha value is -0.750. The minimum Gasteiger partial charge on any atom is -0.428 e. The van der Waals surface area contributed by atoms with Crippen molar-refractivity contribution in [3.63, 3.8) is 0 Å². The van der Waals surface area contributed by atoms with Crippen LogP contribution in [0.4, 0.5) is 0 Å². The van der Waals surface area contributed by atoms with Crippen LogP contribution in [-0.2, 0) is 4.74 Å². The molecule has 1 atom stereocenters. The highest BCUT2D eigenvalue weighted by Gasteiger charge is 2.01. The molecule has 0 heterocycles. The average molecular weight is 170 g/mol. The molecule has 1 N–H and O–H groups in total. The second-order valence-corrected chi connectivity index (χ2v) is 2.83. The highest BCUT2D eigenvalue weighted by atomic mass is 16.5. The van der Waals surface area contributed by atoms with Gasteiger partial charge in [0.2, 0.25) is 0 Å². The van der Waals surface area contributed by atoms with E-state index in [0.29, 0.717) is 12.6 Å². The summed E-state index contributed by atoms with van der Waals surface area (Å²) in [6.07, 6.45) is 6.10. The Balaban J connectivity index is 3.13. The van der Waals surface area contributed by atoms with Crippen LogP contribution in [-0.4, -0.2) is 19.7 Å². The van der Waals surface area contributed by atoms with Crippen molar-refractivity contribution in [2.75, 3.05) is 13.7 Å². The van der Waals surface area contributed by atoms with Crippen LogP contribution in [0.5, 0.6) is 0 Å². The molecule has 3 nitrogen and oxygen atoms in total. The van der Waals surface area contributed by atoms with E-state index in [9.17, 15) is 0 Å². The summed E-state index contributed by atoms with van der Waals surface area (Å²) in [4.78, 5) is 0. The fourth-order valence-electron chi connectivity index (χ4n) is 1.16. The third kappa shape index (κ3) is 5.99. The molecule has 0 aliphatic carbocycles. The van der Waals surface area contributed by atoms with E-state index in [1.165, 1.54) is 6.42 Å². The molecule has 70 valence electrons. The van der Waals surface area contributed by atoms with Gasteiger partial charge >= 0.3 is 0 Å². The Morgan fingerprint density at radius 2 is 2.25 bits per heavy atom. The minimum absolute atomic E-state index is 0.566. The summed E-state index contributed by atoms with van der Waals surface area (Å²) in [7, 11) is 1.99. The van der Waals surface area contributed by atoms with Crippen LogP contribution in [0, 0.1) is 11.5 Å². The molecule has 0 radical (unpaired) electrons. The zero-order chi connectivity index (χ0) is 9.23. The number of rotatable bonds is 7. The molecule has 0 spiro atoms. The topological polar surface area (TPSA) is 45.0 Å². The van der Waals surface area contributed by atoms with Gasteiger partial charge in [-0.25, -0.2) is 0 Å². The fraction of sp³-hybridized carbons (Fsp3) is 0.889. The first kappa shape index (κ1) is 11.2. The summed E-state index contributed by atoms with van der Waals surface area (Å²) in [6.45, 7) is 2.74. The maximum absolute atomic E-state index is 8.08. The zero-order valence-corrected chi connectivity index (χ0v) is 7.97. The second kappa shape index (κ2) is 8.35. The van der Waals surface area contributed by atoms with Gasteiger partial charge in [0.25, 0.3) is 6.26 Å². The van der Waals surface area contributed by atoms with E-state index < -0.39 is 0 Å². The van der Waals surface area contributed by atoms with E-state index in [1.807, 2.05) is 7.05 Å².